The van der Waals surface area contributed by atoms with Crippen LogP contribution in [-0.2, 0) is 9.48 Å². The van der Waals surface area contributed by atoms with Crippen molar-refractivity contribution >= 4 is 39.4 Å². The first-order chi connectivity index (χ1) is 16.6. The van der Waals surface area contributed by atoms with Gasteiger partial charge in [0.1, 0.15) is 10.6 Å². The van der Waals surface area contributed by atoms with Gasteiger partial charge >= 0.3 is 0 Å². The number of ether oxygens (including phenoxy) is 1. The average molecular weight is 522 g/mol. The van der Waals surface area contributed by atoms with Crippen LogP contribution >= 0.6 is 22.8 Å². The van der Waals surface area contributed by atoms with Crippen LogP contribution in [0.4, 0.5) is 11.5 Å². The maximum Gasteiger partial charge on any atom is 0.171 e. The fourth-order valence-corrected chi connectivity index (χ4v) is 6.37. The van der Waals surface area contributed by atoms with E-state index in [-0.39, 0.29) is 18.7 Å². The summed E-state index contributed by atoms with van der Waals surface area (Å²) in [6, 6.07) is 9.58. The summed E-state index contributed by atoms with van der Waals surface area (Å²) in [6.45, 7) is 5.88. The molecule has 0 bridgehead atoms. The van der Waals surface area contributed by atoms with Crippen molar-refractivity contribution in [2.75, 3.05) is 42.8 Å². The molecule has 4 rings (SSSR count). The Bertz CT molecular complexity index is 1040. The minimum Gasteiger partial charge on any atom is -0.394 e. The molecule has 11 heteroatoms. The number of anilines is 2. The summed E-state index contributed by atoms with van der Waals surface area (Å²) in [6.07, 6.45) is 3.86. The minimum atomic E-state index is -2.86. The first-order valence-corrected chi connectivity index (χ1v) is 14.2. The Morgan fingerprint density at radius 2 is 2.00 bits per heavy atom. The standard InChI is InChI=1S/C24H35N5O4S2/c1-16(14-30)25-23(34)26-19-7-5-18(6-8-19)22-27-20(24(9-4-10-24)35(3,31)32)13-21(28-22)29-11-12-33-15-17(29)2/h5-8,13,16-17,30-32H,4,9-12,14-15H2,1-3H3,(H2,25,26,34)/t16-,17+/m1/s1. The van der Waals surface area contributed by atoms with Crippen molar-refractivity contribution in [3.05, 3.63) is 36.0 Å². The first kappa shape index (κ1) is 26.1. The molecule has 0 radical (unpaired) electrons. The van der Waals surface area contributed by atoms with Crippen LogP contribution in [0.2, 0.25) is 0 Å². The molecule has 0 unspecified atom stereocenters. The fraction of sp³-hybridized carbons (Fsp3) is 0.542. The topological polar surface area (TPSA) is 123 Å². The molecule has 1 saturated heterocycles. The molecule has 1 aliphatic heterocycles. The van der Waals surface area contributed by atoms with E-state index in [1.54, 1.807) is 0 Å². The third-order valence-electron chi connectivity index (χ3n) is 6.80. The molecule has 1 aliphatic carbocycles. The van der Waals surface area contributed by atoms with Crippen molar-refractivity contribution in [2.45, 2.75) is 49.9 Å². The number of aromatic nitrogens is 2. The van der Waals surface area contributed by atoms with Gasteiger partial charge in [0.25, 0.3) is 0 Å². The summed E-state index contributed by atoms with van der Waals surface area (Å²) in [5.41, 5.74) is 2.31. The smallest absolute Gasteiger partial charge is 0.171 e. The van der Waals surface area contributed by atoms with Crippen LogP contribution in [0.5, 0.6) is 0 Å². The van der Waals surface area contributed by atoms with Crippen molar-refractivity contribution in [2.24, 2.45) is 0 Å². The number of benzene rings is 1. The van der Waals surface area contributed by atoms with Gasteiger partial charge < -0.3 is 25.4 Å². The third-order valence-corrected chi connectivity index (χ3v) is 9.11. The van der Waals surface area contributed by atoms with Crippen LogP contribution < -0.4 is 15.5 Å². The molecule has 2 heterocycles. The van der Waals surface area contributed by atoms with E-state index in [4.69, 9.17) is 26.9 Å². The number of rotatable bonds is 7. The second kappa shape index (κ2) is 10.5. The highest BCUT2D eigenvalue weighted by Gasteiger charge is 2.49. The van der Waals surface area contributed by atoms with Gasteiger partial charge in [-0.2, -0.15) is 10.6 Å². The Morgan fingerprint density at radius 1 is 1.29 bits per heavy atom. The monoisotopic (exact) mass is 521 g/mol. The van der Waals surface area contributed by atoms with E-state index in [1.807, 2.05) is 37.3 Å². The van der Waals surface area contributed by atoms with Gasteiger partial charge in [-0.05, 0) is 69.6 Å². The minimum absolute atomic E-state index is 0.0114. The van der Waals surface area contributed by atoms with Gasteiger partial charge in [0.2, 0.25) is 0 Å². The van der Waals surface area contributed by atoms with Gasteiger partial charge in [0.15, 0.2) is 10.9 Å². The number of aliphatic hydroxyl groups is 1. The van der Waals surface area contributed by atoms with Crippen molar-refractivity contribution < 1.29 is 18.9 Å². The van der Waals surface area contributed by atoms with Gasteiger partial charge in [-0.3, -0.25) is 9.11 Å². The predicted molar refractivity (Wildman–Crippen MR) is 145 cm³/mol. The van der Waals surface area contributed by atoms with E-state index in [9.17, 15) is 14.2 Å². The van der Waals surface area contributed by atoms with Gasteiger partial charge in [0.05, 0.1) is 31.6 Å². The van der Waals surface area contributed by atoms with E-state index in [1.165, 1.54) is 6.26 Å². The van der Waals surface area contributed by atoms with Crippen LogP contribution in [0, 0.1) is 0 Å². The SMILES string of the molecule is C[C@H](CO)NC(=S)Nc1ccc(-c2nc(N3CCOC[C@@H]3C)cc(C3(S(C)(O)O)CCC3)n2)cc1. The lowest BCUT2D eigenvalue weighted by molar-refractivity contribution is 0.0985. The number of nitrogens with one attached hydrogen (secondary N) is 2. The zero-order valence-corrected chi connectivity index (χ0v) is 22.0. The van der Waals surface area contributed by atoms with Crippen LogP contribution in [0.3, 0.4) is 0 Å². The van der Waals surface area contributed by atoms with E-state index in [0.717, 1.165) is 23.5 Å². The highest BCUT2D eigenvalue weighted by atomic mass is 32.3. The number of hydrogen-bond acceptors (Lipinski definition) is 8. The lowest BCUT2D eigenvalue weighted by atomic mass is 9.81. The van der Waals surface area contributed by atoms with Gasteiger partial charge in [0, 0.05) is 36.2 Å². The second-order valence-electron chi connectivity index (χ2n) is 9.49. The number of aliphatic hydroxyl groups excluding tert-OH is 1. The molecule has 1 saturated carbocycles. The van der Waals surface area contributed by atoms with Crippen molar-refractivity contribution in [1.82, 2.24) is 15.3 Å². The Kier molecular flexibility index (Phi) is 7.84. The van der Waals surface area contributed by atoms with Gasteiger partial charge in [-0.1, -0.05) is 0 Å². The Hall–Kier alpha value is -2.02. The molecule has 2 aliphatic rings. The number of morpholine rings is 1. The van der Waals surface area contributed by atoms with E-state index < -0.39 is 15.3 Å². The highest BCUT2D eigenvalue weighted by Crippen LogP contribution is 2.65. The van der Waals surface area contributed by atoms with Crippen molar-refractivity contribution in [3.8, 4) is 11.4 Å². The molecule has 1 aromatic carbocycles. The molecule has 2 aromatic rings. The first-order valence-electron chi connectivity index (χ1n) is 11.9. The summed E-state index contributed by atoms with van der Waals surface area (Å²) in [5, 5.41) is 15.7. The van der Waals surface area contributed by atoms with Crippen LogP contribution in [0.25, 0.3) is 11.4 Å². The zero-order chi connectivity index (χ0) is 25.2. The molecular weight excluding hydrogens is 486 g/mol. The van der Waals surface area contributed by atoms with Crippen molar-refractivity contribution in [3.63, 3.8) is 0 Å². The summed E-state index contributed by atoms with van der Waals surface area (Å²) in [4.78, 5) is 12.0. The maximum absolute atomic E-state index is 10.8. The molecule has 5 N–H and O–H groups in total. The largest absolute Gasteiger partial charge is 0.394 e. The molecule has 35 heavy (non-hydrogen) atoms. The highest BCUT2D eigenvalue weighted by molar-refractivity contribution is 8.24. The lowest BCUT2D eigenvalue weighted by Crippen LogP contribution is -2.45. The summed E-state index contributed by atoms with van der Waals surface area (Å²) in [5.74, 6) is 1.33. The third kappa shape index (κ3) is 5.55. The zero-order valence-electron chi connectivity index (χ0n) is 20.4. The van der Waals surface area contributed by atoms with E-state index in [2.05, 4.69) is 22.5 Å². The molecule has 0 amide bonds. The maximum atomic E-state index is 10.8. The quantitative estimate of drug-likeness (QED) is 0.344. The van der Waals surface area contributed by atoms with Crippen LogP contribution in [0.15, 0.2) is 30.3 Å². The average Bonchev–Trinajstić information content (AvgIpc) is 2.77. The molecular formula is C24H35N5O4S2. The molecule has 1 aromatic heterocycles. The van der Waals surface area contributed by atoms with E-state index >= 15 is 0 Å². The number of nitrogens with zero attached hydrogens (tertiary/aromatic N) is 3. The predicted octanol–water partition coefficient (Wildman–Crippen LogP) is 3.80. The molecule has 0 spiro atoms. The van der Waals surface area contributed by atoms with Crippen LogP contribution in [-0.4, -0.2) is 74.0 Å². The lowest BCUT2D eigenvalue weighted by Gasteiger charge is -2.53. The van der Waals surface area contributed by atoms with Gasteiger partial charge in [-0.15, -0.1) is 0 Å². The molecule has 2 fully saturated rings. The van der Waals surface area contributed by atoms with Crippen molar-refractivity contribution in [1.29, 1.82) is 0 Å². The fourth-order valence-electron chi connectivity index (χ4n) is 4.49. The Labute approximate surface area is 213 Å². The second-order valence-corrected chi connectivity index (χ2v) is 12.3. The molecule has 9 nitrogen and oxygen atoms in total. The Balaban J connectivity index is 1.67. The molecule has 192 valence electrons. The number of hydrogen-bond donors (Lipinski definition) is 5. The number of thiocarbonyl (C=S) groups is 1. The normalized spacial score (nSPS) is 21.1. The summed E-state index contributed by atoms with van der Waals surface area (Å²) < 4.78 is 26.4. The Morgan fingerprint density at radius 3 is 2.57 bits per heavy atom. The summed E-state index contributed by atoms with van der Waals surface area (Å²) in [7, 11) is -2.86. The van der Waals surface area contributed by atoms with E-state index in [0.29, 0.717) is 49.2 Å². The summed E-state index contributed by atoms with van der Waals surface area (Å²) >= 11 is 5.30. The van der Waals surface area contributed by atoms with Crippen LogP contribution in [0.1, 0.15) is 38.8 Å². The molecule has 2 atom stereocenters. The van der Waals surface area contributed by atoms with Gasteiger partial charge in [-0.25, -0.2) is 9.97 Å².